The highest BCUT2D eigenvalue weighted by Crippen LogP contribution is 2.13. The summed E-state index contributed by atoms with van der Waals surface area (Å²) in [6.07, 6.45) is -0.0720. The molecule has 0 aromatic heterocycles. The summed E-state index contributed by atoms with van der Waals surface area (Å²) < 4.78 is 4.81. The Morgan fingerprint density at radius 2 is 2.05 bits per heavy atom. The molecular formula is C14H16N2O4. The lowest BCUT2D eigenvalue weighted by atomic mass is 10.1. The number of urea groups is 1. The van der Waals surface area contributed by atoms with Crippen LogP contribution in [0.4, 0.5) is 4.79 Å². The quantitative estimate of drug-likeness (QED) is 0.834. The van der Waals surface area contributed by atoms with Gasteiger partial charge in [0, 0.05) is 0 Å². The summed E-state index contributed by atoms with van der Waals surface area (Å²) in [4.78, 5) is 36.5. The van der Waals surface area contributed by atoms with E-state index >= 15 is 0 Å². The number of carbonyl (C=O) groups excluding carboxylic acids is 3. The molecule has 3 amide bonds. The Bertz CT molecular complexity index is 497. The van der Waals surface area contributed by atoms with E-state index in [1.165, 1.54) is 0 Å². The highest BCUT2D eigenvalue weighted by Gasteiger charge is 2.36. The Hall–Kier alpha value is -2.37. The molecular weight excluding hydrogens is 260 g/mol. The van der Waals surface area contributed by atoms with Crippen LogP contribution in [0.2, 0.25) is 0 Å². The van der Waals surface area contributed by atoms with Gasteiger partial charge in [-0.25, -0.2) is 9.59 Å². The number of benzene rings is 1. The fraction of sp³-hybridized carbons (Fsp3) is 0.357. The second kappa shape index (κ2) is 6.18. The van der Waals surface area contributed by atoms with Crippen LogP contribution in [-0.2, 0) is 20.9 Å². The fourth-order valence-corrected chi connectivity index (χ4v) is 1.99. The van der Waals surface area contributed by atoms with E-state index < -0.39 is 18.0 Å². The molecule has 1 aromatic rings. The van der Waals surface area contributed by atoms with Gasteiger partial charge < -0.3 is 10.1 Å². The van der Waals surface area contributed by atoms with Gasteiger partial charge in [-0.3, -0.25) is 9.69 Å². The van der Waals surface area contributed by atoms with Crippen molar-refractivity contribution in [1.82, 2.24) is 10.2 Å². The number of imide groups is 1. The predicted molar refractivity (Wildman–Crippen MR) is 70.6 cm³/mol. The Labute approximate surface area is 116 Å². The molecule has 20 heavy (non-hydrogen) atoms. The van der Waals surface area contributed by atoms with Crippen LogP contribution in [0.5, 0.6) is 0 Å². The Balaban J connectivity index is 2.02. The van der Waals surface area contributed by atoms with Crippen LogP contribution in [0.1, 0.15) is 18.9 Å². The maximum Gasteiger partial charge on any atom is 0.329 e. The molecule has 1 saturated heterocycles. The van der Waals surface area contributed by atoms with Crippen molar-refractivity contribution in [2.45, 2.75) is 25.9 Å². The monoisotopic (exact) mass is 276 g/mol. The molecule has 1 fully saturated rings. The van der Waals surface area contributed by atoms with E-state index in [2.05, 4.69) is 5.32 Å². The minimum absolute atomic E-state index is 0.0720. The highest BCUT2D eigenvalue weighted by molar-refractivity contribution is 6.01. The molecule has 6 nitrogen and oxygen atoms in total. The average Bonchev–Trinajstić information content (AvgIpc) is 2.44. The van der Waals surface area contributed by atoms with E-state index in [4.69, 9.17) is 4.74 Å². The minimum atomic E-state index is -0.887. The van der Waals surface area contributed by atoms with Gasteiger partial charge in [0.05, 0.1) is 19.6 Å². The number of hydrogen-bond acceptors (Lipinski definition) is 4. The maximum atomic E-state index is 12.0. The van der Waals surface area contributed by atoms with Crippen LogP contribution >= 0.6 is 0 Å². The van der Waals surface area contributed by atoms with Crippen molar-refractivity contribution in [3.8, 4) is 0 Å². The number of amides is 3. The summed E-state index contributed by atoms with van der Waals surface area (Å²) in [5, 5.41) is 2.49. The SMILES string of the molecule is CCOC(=O)[C@@H]1CC(=O)N(Cc2ccccc2)C(=O)N1. The van der Waals surface area contributed by atoms with Crippen molar-refractivity contribution >= 4 is 17.9 Å². The third-order valence-corrected chi connectivity index (χ3v) is 2.98. The molecule has 1 N–H and O–H groups in total. The van der Waals surface area contributed by atoms with E-state index in [0.717, 1.165) is 10.5 Å². The van der Waals surface area contributed by atoms with Gasteiger partial charge in [-0.05, 0) is 12.5 Å². The predicted octanol–water partition coefficient (Wildman–Crippen LogP) is 1.06. The van der Waals surface area contributed by atoms with Crippen LogP contribution in [0, 0.1) is 0 Å². The van der Waals surface area contributed by atoms with Crippen molar-refractivity contribution < 1.29 is 19.1 Å². The summed E-state index contributed by atoms with van der Waals surface area (Å²) in [6.45, 7) is 2.08. The first kappa shape index (κ1) is 14.0. The lowest BCUT2D eigenvalue weighted by Crippen LogP contribution is -2.57. The number of ether oxygens (including phenoxy) is 1. The first-order valence-corrected chi connectivity index (χ1v) is 6.43. The Morgan fingerprint density at radius 3 is 2.65 bits per heavy atom. The van der Waals surface area contributed by atoms with E-state index in [1.807, 2.05) is 30.3 Å². The van der Waals surface area contributed by atoms with Gasteiger partial charge in [-0.15, -0.1) is 0 Å². The Kier molecular flexibility index (Phi) is 4.34. The third kappa shape index (κ3) is 3.14. The van der Waals surface area contributed by atoms with Gasteiger partial charge in [-0.1, -0.05) is 30.3 Å². The molecule has 0 radical (unpaired) electrons. The number of rotatable bonds is 4. The van der Waals surface area contributed by atoms with Gasteiger partial charge >= 0.3 is 12.0 Å². The van der Waals surface area contributed by atoms with Gasteiger partial charge in [0.1, 0.15) is 6.04 Å². The molecule has 1 heterocycles. The first-order valence-electron chi connectivity index (χ1n) is 6.43. The highest BCUT2D eigenvalue weighted by atomic mass is 16.5. The number of nitrogens with zero attached hydrogens (tertiary/aromatic N) is 1. The van der Waals surface area contributed by atoms with Crippen LogP contribution in [0.15, 0.2) is 30.3 Å². The molecule has 0 saturated carbocycles. The second-order valence-corrected chi connectivity index (χ2v) is 4.42. The number of carbonyl (C=O) groups is 3. The molecule has 0 spiro atoms. The molecule has 1 aromatic carbocycles. The smallest absolute Gasteiger partial charge is 0.329 e. The van der Waals surface area contributed by atoms with Crippen molar-refractivity contribution in [2.24, 2.45) is 0 Å². The van der Waals surface area contributed by atoms with Crippen LogP contribution < -0.4 is 5.32 Å². The van der Waals surface area contributed by atoms with Crippen LogP contribution in [0.3, 0.4) is 0 Å². The normalized spacial score (nSPS) is 18.6. The topological polar surface area (TPSA) is 75.7 Å². The molecule has 6 heteroatoms. The zero-order chi connectivity index (χ0) is 14.5. The lowest BCUT2D eigenvalue weighted by molar-refractivity contribution is -0.149. The van der Waals surface area contributed by atoms with Crippen molar-refractivity contribution in [3.05, 3.63) is 35.9 Å². The zero-order valence-corrected chi connectivity index (χ0v) is 11.2. The first-order chi connectivity index (χ1) is 9.61. The largest absolute Gasteiger partial charge is 0.464 e. The zero-order valence-electron chi connectivity index (χ0n) is 11.2. The molecule has 0 unspecified atom stereocenters. The van der Waals surface area contributed by atoms with Gasteiger partial charge in [0.2, 0.25) is 5.91 Å². The number of hydrogen-bond donors (Lipinski definition) is 1. The van der Waals surface area contributed by atoms with E-state index in [0.29, 0.717) is 0 Å². The minimum Gasteiger partial charge on any atom is -0.464 e. The molecule has 1 atom stereocenters. The summed E-state index contributed by atoms with van der Waals surface area (Å²) in [6, 6.07) is 7.74. The maximum absolute atomic E-state index is 12.0. The lowest BCUT2D eigenvalue weighted by Gasteiger charge is -2.30. The summed E-state index contributed by atoms with van der Waals surface area (Å²) in [5.41, 5.74) is 0.852. The summed E-state index contributed by atoms with van der Waals surface area (Å²) in [7, 11) is 0. The molecule has 1 aliphatic rings. The molecule has 2 rings (SSSR count). The standard InChI is InChI=1S/C14H16N2O4/c1-2-20-13(18)11-8-12(17)16(14(19)15-11)9-10-6-4-3-5-7-10/h3-7,11H,2,8-9H2,1H3,(H,15,19)/t11-/m0/s1. The average molecular weight is 276 g/mol. The number of esters is 1. The summed E-state index contributed by atoms with van der Waals surface area (Å²) >= 11 is 0. The third-order valence-electron chi connectivity index (χ3n) is 2.98. The van der Waals surface area contributed by atoms with E-state index in [1.54, 1.807) is 6.92 Å². The van der Waals surface area contributed by atoms with Crippen molar-refractivity contribution in [2.75, 3.05) is 6.61 Å². The number of nitrogens with one attached hydrogen (secondary N) is 1. The van der Waals surface area contributed by atoms with E-state index in [9.17, 15) is 14.4 Å². The molecule has 0 aliphatic carbocycles. The van der Waals surface area contributed by atoms with Gasteiger partial charge in [-0.2, -0.15) is 0 Å². The molecule has 106 valence electrons. The Morgan fingerprint density at radius 1 is 1.35 bits per heavy atom. The van der Waals surface area contributed by atoms with Gasteiger partial charge in [0.25, 0.3) is 0 Å². The van der Waals surface area contributed by atoms with Crippen LogP contribution in [-0.4, -0.2) is 35.5 Å². The summed E-state index contributed by atoms with van der Waals surface area (Å²) in [5.74, 6) is -0.954. The fourth-order valence-electron chi connectivity index (χ4n) is 1.99. The van der Waals surface area contributed by atoms with Crippen molar-refractivity contribution in [1.29, 1.82) is 0 Å². The molecule has 0 bridgehead atoms. The molecule has 1 aliphatic heterocycles. The second-order valence-electron chi connectivity index (χ2n) is 4.42. The van der Waals surface area contributed by atoms with Crippen LogP contribution in [0.25, 0.3) is 0 Å². The van der Waals surface area contributed by atoms with E-state index in [-0.39, 0.29) is 25.5 Å². The van der Waals surface area contributed by atoms with Crippen molar-refractivity contribution in [3.63, 3.8) is 0 Å². The van der Waals surface area contributed by atoms with Gasteiger partial charge in [0.15, 0.2) is 0 Å².